The molecule has 0 bridgehead atoms. The minimum atomic E-state index is -1.01. The molecule has 0 saturated heterocycles. The summed E-state index contributed by atoms with van der Waals surface area (Å²) in [5.74, 6) is -0.422. The zero-order valence-electron chi connectivity index (χ0n) is 9.97. The molecule has 1 aromatic rings. The smallest absolute Gasteiger partial charge is 0.366 e. The van der Waals surface area contributed by atoms with Crippen LogP contribution in [0.5, 0.6) is 0 Å². The second-order valence-electron chi connectivity index (χ2n) is 4.18. The van der Waals surface area contributed by atoms with Gasteiger partial charge in [-0.2, -0.15) is 4.37 Å². The molecule has 0 aliphatic rings. The van der Waals surface area contributed by atoms with Gasteiger partial charge in [0.05, 0.1) is 6.54 Å². The van der Waals surface area contributed by atoms with E-state index in [2.05, 4.69) is 42.0 Å². The van der Waals surface area contributed by atoms with Crippen LogP contribution in [0.4, 0.5) is 0 Å². The van der Waals surface area contributed by atoms with Crippen LogP contribution >= 0.6 is 11.5 Å². The third-order valence-corrected chi connectivity index (χ3v) is 3.04. The van der Waals surface area contributed by atoms with Crippen molar-refractivity contribution in [2.24, 2.45) is 0 Å². The molecular weight excluding hydrogens is 226 g/mol. The Kier molecular flexibility index (Phi) is 4.37. The Bertz CT molecular complexity index is 355. The molecule has 0 saturated carbocycles. The van der Waals surface area contributed by atoms with Crippen molar-refractivity contribution in [1.82, 2.24) is 14.3 Å². The van der Waals surface area contributed by atoms with Crippen LogP contribution < -0.4 is 0 Å². The molecule has 0 unspecified atom stereocenters. The summed E-state index contributed by atoms with van der Waals surface area (Å²) in [5, 5.41) is 8.80. The van der Waals surface area contributed by atoms with E-state index in [9.17, 15) is 4.79 Å². The molecule has 0 aliphatic carbocycles. The number of carbonyl (C=O) groups is 1. The summed E-state index contributed by atoms with van der Waals surface area (Å²) < 4.78 is 4.05. The van der Waals surface area contributed by atoms with Gasteiger partial charge in [-0.3, -0.25) is 4.90 Å². The van der Waals surface area contributed by atoms with Crippen LogP contribution in [0, 0.1) is 0 Å². The maximum atomic E-state index is 10.7. The summed E-state index contributed by atoms with van der Waals surface area (Å²) in [5.41, 5.74) is 0. The number of rotatable bonds is 5. The third-order valence-electron chi connectivity index (χ3n) is 2.30. The number of carboxylic acid groups (broad SMARTS) is 1. The highest BCUT2D eigenvalue weighted by Gasteiger charge is 2.17. The maximum absolute atomic E-state index is 10.7. The molecule has 1 rings (SSSR count). The maximum Gasteiger partial charge on any atom is 0.366 e. The van der Waals surface area contributed by atoms with Crippen LogP contribution in [-0.4, -0.2) is 37.4 Å². The van der Waals surface area contributed by atoms with Crippen molar-refractivity contribution < 1.29 is 9.90 Å². The molecule has 0 atom stereocenters. The Morgan fingerprint density at radius 1 is 1.38 bits per heavy atom. The fraction of sp³-hybridized carbons (Fsp3) is 0.700. The van der Waals surface area contributed by atoms with Crippen LogP contribution in [0.2, 0.25) is 0 Å². The molecule has 1 aromatic heterocycles. The highest BCUT2D eigenvalue weighted by molar-refractivity contribution is 7.07. The summed E-state index contributed by atoms with van der Waals surface area (Å²) >= 11 is 0.936. The number of carboxylic acids is 1. The normalized spacial score (nSPS) is 11.7. The molecule has 0 amide bonds. The van der Waals surface area contributed by atoms with Gasteiger partial charge in [-0.1, -0.05) is 0 Å². The van der Waals surface area contributed by atoms with Crippen molar-refractivity contribution >= 4 is 17.5 Å². The predicted octanol–water partition coefficient (Wildman–Crippen LogP) is 1.86. The second-order valence-corrected chi connectivity index (χ2v) is 4.93. The molecule has 0 aromatic carbocycles. The molecule has 90 valence electrons. The van der Waals surface area contributed by atoms with Gasteiger partial charge in [0.1, 0.15) is 0 Å². The topological polar surface area (TPSA) is 66.3 Å². The van der Waals surface area contributed by atoms with Crippen LogP contribution in [0.15, 0.2) is 0 Å². The second kappa shape index (κ2) is 5.36. The van der Waals surface area contributed by atoms with Gasteiger partial charge in [0.2, 0.25) is 5.01 Å². The van der Waals surface area contributed by atoms with E-state index in [1.165, 1.54) is 0 Å². The van der Waals surface area contributed by atoms with E-state index in [1.807, 2.05) is 0 Å². The zero-order valence-corrected chi connectivity index (χ0v) is 10.8. The lowest BCUT2D eigenvalue weighted by molar-refractivity contribution is 0.0696. The minimum Gasteiger partial charge on any atom is -0.476 e. The molecule has 0 radical (unpaired) electrons. The number of hydrogen-bond donors (Lipinski definition) is 1. The van der Waals surface area contributed by atoms with Gasteiger partial charge in [-0.05, 0) is 39.2 Å². The fourth-order valence-electron chi connectivity index (χ4n) is 1.53. The quantitative estimate of drug-likeness (QED) is 0.855. The monoisotopic (exact) mass is 243 g/mol. The van der Waals surface area contributed by atoms with Crippen LogP contribution in [0.1, 0.15) is 43.3 Å². The average Bonchev–Trinajstić information content (AvgIpc) is 2.61. The van der Waals surface area contributed by atoms with Crippen LogP contribution in [0.3, 0.4) is 0 Å². The fourth-order valence-corrected chi connectivity index (χ4v) is 2.04. The summed E-state index contributed by atoms with van der Waals surface area (Å²) in [7, 11) is 0. The number of nitrogens with zero attached hydrogens (tertiary/aromatic N) is 3. The zero-order chi connectivity index (χ0) is 12.3. The highest BCUT2D eigenvalue weighted by Crippen LogP contribution is 2.12. The van der Waals surface area contributed by atoms with Crippen molar-refractivity contribution in [3.8, 4) is 0 Å². The molecule has 1 heterocycles. The first-order valence-electron chi connectivity index (χ1n) is 5.23. The van der Waals surface area contributed by atoms with Gasteiger partial charge in [-0.15, -0.1) is 0 Å². The van der Waals surface area contributed by atoms with Crippen molar-refractivity contribution in [1.29, 1.82) is 0 Å². The molecule has 0 fully saturated rings. The Hall–Kier alpha value is -1.01. The lowest BCUT2D eigenvalue weighted by Crippen LogP contribution is -2.36. The van der Waals surface area contributed by atoms with Gasteiger partial charge in [0.15, 0.2) is 5.82 Å². The number of aromatic nitrogens is 2. The van der Waals surface area contributed by atoms with E-state index >= 15 is 0 Å². The predicted molar refractivity (Wildman–Crippen MR) is 62.7 cm³/mol. The Morgan fingerprint density at radius 2 is 1.94 bits per heavy atom. The molecule has 1 N–H and O–H groups in total. The van der Waals surface area contributed by atoms with Gasteiger partial charge in [0.25, 0.3) is 0 Å². The van der Waals surface area contributed by atoms with Crippen molar-refractivity contribution in [3.05, 3.63) is 10.8 Å². The first-order valence-corrected chi connectivity index (χ1v) is 6.00. The lowest BCUT2D eigenvalue weighted by Gasteiger charge is -2.29. The standard InChI is InChI=1S/C10H17N3O2S/c1-6(2)13(7(3)4)5-8-11-9(10(14)15)16-12-8/h6-7H,5H2,1-4H3,(H,14,15). The summed E-state index contributed by atoms with van der Waals surface area (Å²) in [6.45, 7) is 9.00. The highest BCUT2D eigenvalue weighted by atomic mass is 32.1. The van der Waals surface area contributed by atoms with Gasteiger partial charge < -0.3 is 5.11 Å². The molecule has 16 heavy (non-hydrogen) atoms. The van der Waals surface area contributed by atoms with E-state index in [4.69, 9.17) is 5.11 Å². The Balaban J connectivity index is 2.74. The van der Waals surface area contributed by atoms with E-state index in [0.717, 1.165) is 11.5 Å². The Morgan fingerprint density at radius 3 is 2.31 bits per heavy atom. The molecule has 0 aliphatic heterocycles. The van der Waals surface area contributed by atoms with Crippen molar-refractivity contribution in [2.45, 2.75) is 46.3 Å². The third kappa shape index (κ3) is 3.24. The lowest BCUT2D eigenvalue weighted by atomic mass is 10.2. The molecule has 5 nitrogen and oxygen atoms in total. The number of aromatic carboxylic acids is 1. The first kappa shape index (κ1) is 13.1. The SMILES string of the molecule is CC(C)N(Cc1nsc(C(=O)O)n1)C(C)C. The van der Waals surface area contributed by atoms with Crippen molar-refractivity contribution in [3.63, 3.8) is 0 Å². The van der Waals surface area contributed by atoms with Gasteiger partial charge in [-0.25, -0.2) is 9.78 Å². The van der Waals surface area contributed by atoms with Crippen LogP contribution in [0.25, 0.3) is 0 Å². The van der Waals surface area contributed by atoms with Gasteiger partial charge in [0, 0.05) is 12.1 Å². The minimum absolute atomic E-state index is 0.0578. The van der Waals surface area contributed by atoms with Gasteiger partial charge >= 0.3 is 5.97 Å². The number of hydrogen-bond acceptors (Lipinski definition) is 5. The first-order chi connectivity index (χ1) is 7.41. The van der Waals surface area contributed by atoms with Crippen LogP contribution in [-0.2, 0) is 6.54 Å². The van der Waals surface area contributed by atoms with E-state index in [0.29, 0.717) is 24.5 Å². The van der Waals surface area contributed by atoms with E-state index < -0.39 is 5.97 Å². The Labute approximate surface area is 99.3 Å². The molecule has 0 spiro atoms. The van der Waals surface area contributed by atoms with Crippen molar-refractivity contribution in [2.75, 3.05) is 0 Å². The van der Waals surface area contributed by atoms with E-state index in [1.54, 1.807) is 0 Å². The largest absolute Gasteiger partial charge is 0.476 e. The molecule has 6 heteroatoms. The average molecular weight is 243 g/mol. The summed E-state index contributed by atoms with van der Waals surface area (Å²) in [6, 6.07) is 0.772. The summed E-state index contributed by atoms with van der Waals surface area (Å²) in [6.07, 6.45) is 0. The summed E-state index contributed by atoms with van der Waals surface area (Å²) in [4.78, 5) is 16.9. The van der Waals surface area contributed by atoms with E-state index in [-0.39, 0.29) is 5.01 Å². The molecular formula is C10H17N3O2S.